The van der Waals surface area contributed by atoms with E-state index in [1.165, 1.54) is 0 Å². The fourth-order valence-corrected chi connectivity index (χ4v) is 3.66. The molecule has 1 aliphatic heterocycles. The van der Waals surface area contributed by atoms with Crippen LogP contribution in [0.1, 0.15) is 24.4 Å². The highest BCUT2D eigenvalue weighted by molar-refractivity contribution is 7.89. The first-order valence-corrected chi connectivity index (χ1v) is 7.85. The van der Waals surface area contributed by atoms with Crippen LogP contribution < -0.4 is 10.0 Å². The van der Waals surface area contributed by atoms with Crippen molar-refractivity contribution in [2.45, 2.75) is 37.2 Å². The molecule has 1 aromatic heterocycles. The van der Waals surface area contributed by atoms with Crippen molar-refractivity contribution in [2.24, 2.45) is 0 Å². The molecule has 0 aliphatic carbocycles. The molecule has 2 N–H and O–H groups in total. The summed E-state index contributed by atoms with van der Waals surface area (Å²) in [5.41, 5.74) is 0. The number of hydrogen-bond donors (Lipinski definition) is 2. The maximum Gasteiger partial charge on any atom is 0.244 e. The van der Waals surface area contributed by atoms with E-state index in [1.807, 2.05) is 0 Å². The number of nitrogens with one attached hydrogen (secondary N) is 2. The molecule has 0 amide bonds. The van der Waals surface area contributed by atoms with Gasteiger partial charge in [-0.2, -0.15) is 0 Å². The lowest BCUT2D eigenvalue weighted by Crippen LogP contribution is -2.38. The second-order valence-electron chi connectivity index (χ2n) is 4.67. The molecule has 6 nitrogen and oxygen atoms in total. The third-order valence-corrected chi connectivity index (χ3v) is 4.73. The highest BCUT2D eigenvalue weighted by Crippen LogP contribution is 2.21. The molecule has 0 aromatic carbocycles. The van der Waals surface area contributed by atoms with Crippen LogP contribution in [0.5, 0.6) is 0 Å². The Morgan fingerprint density at radius 1 is 1.37 bits per heavy atom. The second kappa shape index (κ2) is 6.04. The van der Waals surface area contributed by atoms with Crippen molar-refractivity contribution >= 4 is 10.0 Å². The van der Waals surface area contributed by atoms with Gasteiger partial charge in [0.2, 0.25) is 10.0 Å². The summed E-state index contributed by atoms with van der Waals surface area (Å²) in [5.74, 6) is 1.04. The van der Waals surface area contributed by atoms with E-state index in [1.54, 1.807) is 20.0 Å². The van der Waals surface area contributed by atoms with Crippen molar-refractivity contribution in [3.63, 3.8) is 0 Å². The SMILES string of the molecule is CNCc1cc(S(=O)(=O)NC2CCOCC2)c(C)o1. The van der Waals surface area contributed by atoms with E-state index < -0.39 is 10.0 Å². The minimum atomic E-state index is -3.52. The zero-order valence-corrected chi connectivity index (χ0v) is 12.0. The van der Waals surface area contributed by atoms with E-state index in [-0.39, 0.29) is 10.9 Å². The maximum atomic E-state index is 12.3. The van der Waals surface area contributed by atoms with Crippen molar-refractivity contribution in [2.75, 3.05) is 20.3 Å². The van der Waals surface area contributed by atoms with Crippen molar-refractivity contribution in [1.29, 1.82) is 0 Å². The second-order valence-corrected chi connectivity index (χ2v) is 6.35. The smallest absolute Gasteiger partial charge is 0.244 e. The largest absolute Gasteiger partial charge is 0.464 e. The normalized spacial score (nSPS) is 17.8. The number of sulfonamides is 1. The molecule has 0 bridgehead atoms. The van der Waals surface area contributed by atoms with Crippen LogP contribution >= 0.6 is 0 Å². The molecule has 1 saturated heterocycles. The summed E-state index contributed by atoms with van der Waals surface area (Å²) in [5, 5.41) is 2.93. The highest BCUT2D eigenvalue weighted by Gasteiger charge is 2.25. The topological polar surface area (TPSA) is 80.6 Å². The number of ether oxygens (including phenoxy) is 1. The van der Waals surface area contributed by atoms with Crippen LogP contribution in [-0.2, 0) is 21.3 Å². The molecular formula is C12H20N2O4S. The van der Waals surface area contributed by atoms with Gasteiger partial charge in [-0.3, -0.25) is 0 Å². The molecule has 2 rings (SSSR count). The number of aryl methyl sites for hydroxylation is 1. The molecular weight excluding hydrogens is 268 g/mol. The fourth-order valence-electron chi connectivity index (χ4n) is 2.15. The van der Waals surface area contributed by atoms with Gasteiger partial charge in [0.05, 0.1) is 6.54 Å². The minimum Gasteiger partial charge on any atom is -0.464 e. The van der Waals surface area contributed by atoms with E-state index >= 15 is 0 Å². The molecule has 19 heavy (non-hydrogen) atoms. The van der Waals surface area contributed by atoms with Gasteiger partial charge in [0.15, 0.2) is 0 Å². The summed E-state index contributed by atoms with van der Waals surface area (Å²) in [6.45, 7) is 3.37. The third kappa shape index (κ3) is 3.56. The van der Waals surface area contributed by atoms with Gasteiger partial charge in [-0.15, -0.1) is 0 Å². The molecule has 7 heteroatoms. The van der Waals surface area contributed by atoms with Crippen LogP contribution in [0, 0.1) is 6.92 Å². The lowest BCUT2D eigenvalue weighted by atomic mass is 10.1. The standard InChI is InChI=1S/C12H20N2O4S/c1-9-12(7-11(18-9)8-13-2)19(15,16)14-10-3-5-17-6-4-10/h7,10,13-14H,3-6,8H2,1-2H3. The van der Waals surface area contributed by atoms with Gasteiger partial charge in [0.1, 0.15) is 16.4 Å². The van der Waals surface area contributed by atoms with Gasteiger partial charge in [-0.1, -0.05) is 0 Å². The molecule has 1 aromatic rings. The van der Waals surface area contributed by atoms with E-state index in [4.69, 9.17) is 9.15 Å². The van der Waals surface area contributed by atoms with Crippen molar-refractivity contribution in [3.8, 4) is 0 Å². The molecule has 1 fully saturated rings. The first kappa shape index (κ1) is 14.5. The maximum absolute atomic E-state index is 12.3. The molecule has 0 atom stereocenters. The summed E-state index contributed by atoms with van der Waals surface area (Å²) in [6, 6.07) is 1.52. The van der Waals surface area contributed by atoms with Gasteiger partial charge in [-0.25, -0.2) is 13.1 Å². The van der Waals surface area contributed by atoms with Crippen LogP contribution in [0.25, 0.3) is 0 Å². The summed E-state index contributed by atoms with van der Waals surface area (Å²) >= 11 is 0. The van der Waals surface area contributed by atoms with Gasteiger partial charge >= 0.3 is 0 Å². The van der Waals surface area contributed by atoms with Gasteiger partial charge in [-0.05, 0) is 26.8 Å². The Bertz CT molecular complexity index is 518. The van der Waals surface area contributed by atoms with Crippen molar-refractivity contribution in [3.05, 3.63) is 17.6 Å². The number of rotatable bonds is 5. The van der Waals surface area contributed by atoms with Crippen LogP contribution in [0.15, 0.2) is 15.4 Å². The molecule has 0 radical (unpaired) electrons. The Kier molecular flexibility index (Phi) is 4.62. The van der Waals surface area contributed by atoms with E-state index in [2.05, 4.69) is 10.0 Å². The summed E-state index contributed by atoms with van der Waals surface area (Å²) < 4.78 is 38.0. The average molecular weight is 288 g/mol. The zero-order valence-electron chi connectivity index (χ0n) is 11.2. The van der Waals surface area contributed by atoms with Crippen LogP contribution in [-0.4, -0.2) is 34.7 Å². The lowest BCUT2D eigenvalue weighted by molar-refractivity contribution is 0.0832. The van der Waals surface area contributed by atoms with Crippen molar-refractivity contribution in [1.82, 2.24) is 10.0 Å². The van der Waals surface area contributed by atoms with Gasteiger partial charge < -0.3 is 14.5 Å². The van der Waals surface area contributed by atoms with Crippen molar-refractivity contribution < 1.29 is 17.6 Å². The summed E-state index contributed by atoms with van der Waals surface area (Å²) in [7, 11) is -1.73. The minimum absolute atomic E-state index is 0.0548. The predicted octanol–water partition coefficient (Wildman–Crippen LogP) is 0.765. The highest BCUT2D eigenvalue weighted by atomic mass is 32.2. The molecule has 108 valence electrons. The average Bonchev–Trinajstić information content (AvgIpc) is 2.72. The first-order valence-electron chi connectivity index (χ1n) is 6.37. The van der Waals surface area contributed by atoms with Gasteiger partial charge in [0.25, 0.3) is 0 Å². The summed E-state index contributed by atoms with van der Waals surface area (Å²) in [6.07, 6.45) is 1.42. The quantitative estimate of drug-likeness (QED) is 0.836. The van der Waals surface area contributed by atoms with Gasteiger partial charge in [0, 0.05) is 25.3 Å². The molecule has 0 spiro atoms. The predicted molar refractivity (Wildman–Crippen MR) is 70.4 cm³/mol. The van der Waals surface area contributed by atoms with Crippen LogP contribution in [0.3, 0.4) is 0 Å². The third-order valence-electron chi connectivity index (χ3n) is 3.11. The molecule has 0 saturated carbocycles. The molecule has 0 unspecified atom stereocenters. The Labute approximate surface area is 113 Å². The van der Waals surface area contributed by atoms with Crippen LogP contribution in [0.4, 0.5) is 0 Å². The van der Waals surface area contributed by atoms with E-state index in [9.17, 15) is 8.42 Å². The number of furan rings is 1. The Balaban J connectivity index is 2.14. The molecule has 2 heterocycles. The lowest BCUT2D eigenvalue weighted by Gasteiger charge is -2.22. The first-order chi connectivity index (χ1) is 9.03. The zero-order chi connectivity index (χ0) is 13.9. The van der Waals surface area contributed by atoms with E-state index in [0.717, 1.165) is 0 Å². The molecule has 1 aliphatic rings. The van der Waals surface area contributed by atoms with E-state index in [0.29, 0.717) is 44.1 Å². The van der Waals surface area contributed by atoms with Crippen LogP contribution in [0.2, 0.25) is 0 Å². The Hall–Kier alpha value is -0.890. The fraction of sp³-hybridized carbons (Fsp3) is 0.667. The monoisotopic (exact) mass is 288 g/mol. The number of hydrogen-bond acceptors (Lipinski definition) is 5. The Morgan fingerprint density at radius 3 is 2.68 bits per heavy atom. The summed E-state index contributed by atoms with van der Waals surface area (Å²) in [4.78, 5) is 0.226. The Morgan fingerprint density at radius 2 is 2.05 bits per heavy atom.